The van der Waals surface area contributed by atoms with Crippen LogP contribution in [0, 0.1) is 6.92 Å². The van der Waals surface area contributed by atoms with E-state index in [4.69, 9.17) is 4.98 Å². The summed E-state index contributed by atoms with van der Waals surface area (Å²) in [5.74, 6) is 1.70. The number of rotatable bonds is 4. The minimum atomic E-state index is 0.0520. The maximum Gasteiger partial charge on any atom is 0.239 e. The lowest BCUT2D eigenvalue weighted by Crippen LogP contribution is -2.55. The van der Waals surface area contributed by atoms with Crippen LogP contribution in [-0.2, 0) is 11.2 Å². The number of nitrogens with zero attached hydrogens (tertiary/aromatic N) is 4. The molecule has 1 N–H and O–H groups in total. The van der Waals surface area contributed by atoms with Gasteiger partial charge >= 0.3 is 0 Å². The topological polar surface area (TPSA) is 61.4 Å². The zero-order chi connectivity index (χ0) is 17.9. The van der Waals surface area contributed by atoms with Gasteiger partial charge in [-0.25, -0.2) is 4.98 Å². The predicted octanol–water partition coefficient (Wildman–Crippen LogP) is 1.93. The molecule has 1 amide bonds. The molecule has 0 bridgehead atoms. The van der Waals surface area contributed by atoms with E-state index >= 15 is 0 Å². The summed E-state index contributed by atoms with van der Waals surface area (Å²) in [6, 6.07) is 12.4. The SMILES string of the molecule is Cc1cc(N2CC(=O)N[C@@H](Cc3ccccc3)C2)nc(N2CCCC2)n1. The largest absolute Gasteiger partial charge is 0.350 e. The number of aryl methyl sites for hydroxylation is 1. The lowest BCUT2D eigenvalue weighted by molar-refractivity contribution is -0.121. The number of aromatic nitrogens is 2. The molecule has 2 aliphatic heterocycles. The highest BCUT2D eigenvalue weighted by Gasteiger charge is 2.27. The van der Waals surface area contributed by atoms with Crippen LogP contribution in [0.5, 0.6) is 0 Å². The normalized spacial score (nSPS) is 20.3. The summed E-state index contributed by atoms with van der Waals surface area (Å²) < 4.78 is 0. The quantitative estimate of drug-likeness (QED) is 0.912. The Balaban J connectivity index is 1.53. The van der Waals surface area contributed by atoms with E-state index in [9.17, 15) is 4.79 Å². The van der Waals surface area contributed by atoms with Crippen molar-refractivity contribution in [2.75, 3.05) is 36.0 Å². The van der Waals surface area contributed by atoms with Crippen molar-refractivity contribution >= 4 is 17.7 Å². The van der Waals surface area contributed by atoms with Gasteiger partial charge in [-0.1, -0.05) is 30.3 Å². The number of carbonyl (C=O) groups excluding carboxylic acids is 1. The van der Waals surface area contributed by atoms with E-state index in [0.29, 0.717) is 6.54 Å². The number of carbonyl (C=O) groups is 1. The van der Waals surface area contributed by atoms with Crippen molar-refractivity contribution in [3.05, 3.63) is 47.7 Å². The van der Waals surface area contributed by atoms with E-state index in [-0.39, 0.29) is 11.9 Å². The van der Waals surface area contributed by atoms with Gasteiger partial charge in [-0.2, -0.15) is 4.98 Å². The number of anilines is 2. The molecule has 6 heteroatoms. The minimum Gasteiger partial charge on any atom is -0.350 e. The van der Waals surface area contributed by atoms with E-state index in [2.05, 4.69) is 32.2 Å². The second-order valence-electron chi connectivity index (χ2n) is 7.20. The Morgan fingerprint density at radius 1 is 1.12 bits per heavy atom. The lowest BCUT2D eigenvalue weighted by atomic mass is 10.0. The third-order valence-electron chi connectivity index (χ3n) is 5.01. The monoisotopic (exact) mass is 351 g/mol. The zero-order valence-electron chi connectivity index (χ0n) is 15.2. The summed E-state index contributed by atoms with van der Waals surface area (Å²) >= 11 is 0. The van der Waals surface area contributed by atoms with Crippen LogP contribution >= 0.6 is 0 Å². The third kappa shape index (κ3) is 3.79. The highest BCUT2D eigenvalue weighted by atomic mass is 16.2. The van der Waals surface area contributed by atoms with Crippen molar-refractivity contribution in [3.63, 3.8) is 0 Å². The molecule has 2 fully saturated rings. The van der Waals surface area contributed by atoms with E-state index in [1.807, 2.05) is 31.2 Å². The highest BCUT2D eigenvalue weighted by molar-refractivity contribution is 5.82. The van der Waals surface area contributed by atoms with Gasteiger partial charge in [-0.15, -0.1) is 0 Å². The molecule has 2 saturated heterocycles. The lowest BCUT2D eigenvalue weighted by Gasteiger charge is -2.34. The molecule has 0 unspecified atom stereocenters. The molecule has 0 radical (unpaired) electrons. The van der Waals surface area contributed by atoms with Gasteiger partial charge in [0.2, 0.25) is 11.9 Å². The Morgan fingerprint density at radius 2 is 1.88 bits per heavy atom. The van der Waals surface area contributed by atoms with Crippen molar-refractivity contribution in [3.8, 4) is 0 Å². The number of benzene rings is 1. The van der Waals surface area contributed by atoms with Gasteiger partial charge in [0.15, 0.2) is 0 Å². The Hall–Kier alpha value is -2.63. The first-order chi connectivity index (χ1) is 12.7. The van der Waals surface area contributed by atoms with E-state index in [1.165, 1.54) is 18.4 Å². The summed E-state index contributed by atoms with van der Waals surface area (Å²) in [5.41, 5.74) is 2.18. The van der Waals surface area contributed by atoms with Crippen LogP contribution in [0.25, 0.3) is 0 Å². The first-order valence-electron chi connectivity index (χ1n) is 9.36. The molecule has 6 nitrogen and oxygen atoms in total. The number of piperazine rings is 1. The highest BCUT2D eigenvalue weighted by Crippen LogP contribution is 2.22. The molecular weight excluding hydrogens is 326 g/mol. The van der Waals surface area contributed by atoms with Crippen LogP contribution in [0.3, 0.4) is 0 Å². The molecular formula is C20H25N5O. The van der Waals surface area contributed by atoms with Gasteiger partial charge in [-0.05, 0) is 31.7 Å². The summed E-state index contributed by atoms with van der Waals surface area (Å²) in [5, 5.41) is 3.11. The molecule has 4 rings (SSSR count). The van der Waals surface area contributed by atoms with Crippen LogP contribution in [0.2, 0.25) is 0 Å². The van der Waals surface area contributed by atoms with Gasteiger partial charge < -0.3 is 15.1 Å². The standard InChI is InChI=1S/C20H25N5O/c1-15-11-18(23-20(21-15)24-9-5-6-10-24)25-13-17(22-19(26)14-25)12-16-7-3-2-4-8-16/h2-4,7-8,11,17H,5-6,9-10,12-14H2,1H3,(H,22,26)/t17-/m0/s1. The molecule has 2 aromatic rings. The predicted molar refractivity (Wildman–Crippen MR) is 103 cm³/mol. The summed E-state index contributed by atoms with van der Waals surface area (Å²) in [7, 11) is 0. The fourth-order valence-electron chi connectivity index (χ4n) is 3.77. The van der Waals surface area contributed by atoms with E-state index in [1.54, 1.807) is 0 Å². The van der Waals surface area contributed by atoms with Crippen molar-refractivity contribution in [1.82, 2.24) is 15.3 Å². The molecule has 1 aromatic heterocycles. The van der Waals surface area contributed by atoms with Gasteiger partial charge in [0.05, 0.1) is 12.6 Å². The third-order valence-corrected chi connectivity index (χ3v) is 5.01. The molecule has 0 saturated carbocycles. The molecule has 0 aliphatic carbocycles. The first-order valence-corrected chi connectivity index (χ1v) is 9.36. The van der Waals surface area contributed by atoms with E-state index in [0.717, 1.165) is 43.5 Å². The second kappa shape index (κ2) is 7.32. The minimum absolute atomic E-state index is 0.0520. The maximum atomic E-state index is 12.3. The van der Waals surface area contributed by atoms with Gasteiger partial charge in [0.1, 0.15) is 5.82 Å². The maximum absolute atomic E-state index is 12.3. The van der Waals surface area contributed by atoms with Gasteiger partial charge in [0.25, 0.3) is 0 Å². The Morgan fingerprint density at radius 3 is 2.65 bits per heavy atom. The molecule has 1 atom stereocenters. The summed E-state index contributed by atoms with van der Waals surface area (Å²) in [6.45, 7) is 5.13. The Bertz CT molecular complexity index is 773. The first kappa shape index (κ1) is 16.8. The average molecular weight is 351 g/mol. The van der Waals surface area contributed by atoms with Crippen LogP contribution in [0.1, 0.15) is 24.1 Å². The number of amides is 1. The van der Waals surface area contributed by atoms with Gasteiger partial charge in [0, 0.05) is 31.4 Å². The average Bonchev–Trinajstić information content (AvgIpc) is 3.16. The Labute approximate surface area is 154 Å². The van der Waals surface area contributed by atoms with Crippen molar-refractivity contribution in [1.29, 1.82) is 0 Å². The Kier molecular flexibility index (Phi) is 4.73. The van der Waals surface area contributed by atoms with Crippen LogP contribution in [0.15, 0.2) is 36.4 Å². The second-order valence-corrected chi connectivity index (χ2v) is 7.20. The molecule has 3 heterocycles. The smallest absolute Gasteiger partial charge is 0.239 e. The van der Waals surface area contributed by atoms with Gasteiger partial charge in [-0.3, -0.25) is 4.79 Å². The number of hydrogen-bond acceptors (Lipinski definition) is 5. The van der Waals surface area contributed by atoms with Crippen LogP contribution in [0.4, 0.5) is 11.8 Å². The number of hydrogen-bond donors (Lipinski definition) is 1. The molecule has 1 aromatic carbocycles. The molecule has 26 heavy (non-hydrogen) atoms. The summed E-state index contributed by atoms with van der Waals surface area (Å²) in [6.07, 6.45) is 3.21. The zero-order valence-corrected chi connectivity index (χ0v) is 15.2. The van der Waals surface area contributed by atoms with Crippen molar-refractivity contribution in [2.24, 2.45) is 0 Å². The van der Waals surface area contributed by atoms with Crippen LogP contribution in [-0.4, -0.2) is 48.1 Å². The van der Waals surface area contributed by atoms with E-state index < -0.39 is 0 Å². The fourth-order valence-corrected chi connectivity index (χ4v) is 3.77. The van der Waals surface area contributed by atoms with Crippen molar-refractivity contribution in [2.45, 2.75) is 32.2 Å². The van der Waals surface area contributed by atoms with Crippen LogP contribution < -0.4 is 15.1 Å². The van der Waals surface area contributed by atoms with Crippen molar-refractivity contribution < 1.29 is 4.79 Å². The number of nitrogens with one attached hydrogen (secondary N) is 1. The molecule has 0 spiro atoms. The molecule has 2 aliphatic rings. The summed E-state index contributed by atoms with van der Waals surface area (Å²) in [4.78, 5) is 26.0. The fraction of sp³-hybridized carbons (Fsp3) is 0.450. The molecule has 136 valence electrons.